The lowest BCUT2D eigenvalue weighted by atomic mass is 9.57. The Kier molecular flexibility index (Phi) is 15.9. The highest BCUT2D eigenvalue weighted by molar-refractivity contribution is 6.09. The third-order valence-corrected chi connectivity index (χ3v) is 14.3. The number of carboxylic acids is 4. The molecule has 0 aliphatic carbocycles. The summed E-state index contributed by atoms with van der Waals surface area (Å²) in [6, 6.07) is -0.698. The Morgan fingerprint density at radius 2 is 1.41 bits per heavy atom. The molecule has 0 saturated carbocycles. The van der Waals surface area contributed by atoms with Crippen molar-refractivity contribution in [1.29, 1.82) is 0 Å². The van der Waals surface area contributed by atoms with Gasteiger partial charge in [0.25, 0.3) is 0 Å². The van der Waals surface area contributed by atoms with Crippen LogP contribution in [0.15, 0.2) is 49.3 Å². The Hall–Kier alpha value is -5.15. The monoisotopic (exact) mass is 852 g/mol. The van der Waals surface area contributed by atoms with Gasteiger partial charge in [-0.25, -0.2) is 0 Å². The van der Waals surface area contributed by atoms with E-state index in [0.717, 1.165) is 5.57 Å². The molecular formula is C45H68N6O10. The summed E-state index contributed by atoms with van der Waals surface area (Å²) in [7, 11) is 0. The molecule has 3 rings (SSSR count). The number of hydrogen-bond acceptors (Lipinski definition) is 10. The van der Waals surface area contributed by atoms with Crippen LogP contribution in [0.25, 0.3) is 0 Å². The zero-order valence-corrected chi connectivity index (χ0v) is 37.5. The van der Waals surface area contributed by atoms with Crippen molar-refractivity contribution in [2.75, 3.05) is 0 Å². The van der Waals surface area contributed by atoms with E-state index in [0.29, 0.717) is 40.5 Å². The maximum atomic E-state index is 12.9. The Morgan fingerprint density at radius 1 is 0.852 bits per heavy atom. The number of amides is 2. The highest BCUT2D eigenvalue weighted by Crippen LogP contribution is 2.56. The van der Waals surface area contributed by atoms with Gasteiger partial charge in [-0.1, -0.05) is 54.0 Å². The topological polar surface area (TPSA) is 298 Å². The first-order valence-corrected chi connectivity index (χ1v) is 21.1. The van der Waals surface area contributed by atoms with Gasteiger partial charge in [0.05, 0.1) is 12.5 Å². The summed E-state index contributed by atoms with van der Waals surface area (Å²) in [5.74, 6) is -7.95. The average molecular weight is 853 g/mol. The van der Waals surface area contributed by atoms with Crippen molar-refractivity contribution in [3.05, 3.63) is 34.3 Å². The van der Waals surface area contributed by atoms with E-state index in [1.807, 2.05) is 69.2 Å². The van der Waals surface area contributed by atoms with Crippen molar-refractivity contribution in [3.8, 4) is 0 Å². The average Bonchev–Trinajstić information content (AvgIpc) is 3.69. The van der Waals surface area contributed by atoms with E-state index in [-0.39, 0.29) is 57.8 Å². The number of carbonyl (C=O) groups is 6. The summed E-state index contributed by atoms with van der Waals surface area (Å²) >= 11 is 0. The second kappa shape index (κ2) is 19.3. The van der Waals surface area contributed by atoms with Crippen LogP contribution in [0.5, 0.6) is 0 Å². The van der Waals surface area contributed by atoms with Crippen LogP contribution in [-0.4, -0.2) is 79.8 Å². The molecule has 0 saturated heterocycles. The SMILES string of the molecule is CCC1(C)C(/C(C)=C2N=C(/C=C3\N=CC(C)(CC(N)=O)C3CCC(=O)O)C(C)(C)C\2CCC(=O)O)=NC(C(C)C(C)(CC(N)=O)C(CCC(=O)O)C(N)=C(C)C)C1CC(=O)O. The van der Waals surface area contributed by atoms with E-state index >= 15 is 0 Å². The van der Waals surface area contributed by atoms with Gasteiger partial charge in [-0.05, 0) is 69.4 Å². The highest BCUT2D eigenvalue weighted by atomic mass is 16.4. The van der Waals surface area contributed by atoms with Gasteiger partial charge in [0.15, 0.2) is 0 Å². The third kappa shape index (κ3) is 10.8. The van der Waals surface area contributed by atoms with E-state index < -0.39 is 93.0 Å². The predicted molar refractivity (Wildman–Crippen MR) is 232 cm³/mol. The van der Waals surface area contributed by atoms with Crippen LogP contribution in [-0.2, 0) is 28.8 Å². The number of aliphatic carboxylic acids is 4. The highest BCUT2D eigenvalue weighted by Gasteiger charge is 2.56. The van der Waals surface area contributed by atoms with Crippen molar-refractivity contribution in [2.45, 2.75) is 139 Å². The summed E-state index contributed by atoms with van der Waals surface area (Å²) < 4.78 is 0. The molecule has 10 N–H and O–H groups in total. The quantitative estimate of drug-likeness (QED) is 0.0649. The summed E-state index contributed by atoms with van der Waals surface area (Å²) in [5, 5.41) is 39.6. The maximum Gasteiger partial charge on any atom is 0.303 e. The second-order valence-electron chi connectivity index (χ2n) is 19.0. The van der Waals surface area contributed by atoms with E-state index in [1.54, 1.807) is 12.3 Å². The molecule has 0 bridgehead atoms. The first kappa shape index (κ1) is 50.2. The molecule has 16 heteroatoms. The van der Waals surface area contributed by atoms with Gasteiger partial charge in [-0.2, -0.15) is 0 Å². The van der Waals surface area contributed by atoms with Gasteiger partial charge in [-0.3, -0.25) is 43.7 Å². The first-order valence-electron chi connectivity index (χ1n) is 21.1. The fourth-order valence-corrected chi connectivity index (χ4v) is 10.3. The molecule has 0 aromatic carbocycles. The minimum Gasteiger partial charge on any atom is -0.481 e. The fraction of sp³-hybridized carbons (Fsp3) is 0.667. The number of nitrogens with zero attached hydrogens (tertiary/aromatic N) is 3. The van der Waals surface area contributed by atoms with Crippen LogP contribution >= 0.6 is 0 Å². The van der Waals surface area contributed by atoms with E-state index in [4.69, 9.17) is 27.2 Å². The van der Waals surface area contributed by atoms with Gasteiger partial charge >= 0.3 is 23.9 Å². The van der Waals surface area contributed by atoms with E-state index in [2.05, 4.69) is 4.99 Å². The Labute approximate surface area is 359 Å². The number of primary amides is 2. The lowest BCUT2D eigenvalue weighted by Gasteiger charge is -2.46. The minimum absolute atomic E-state index is 0.0499. The number of rotatable bonds is 22. The van der Waals surface area contributed by atoms with Crippen molar-refractivity contribution >= 4 is 53.3 Å². The third-order valence-electron chi connectivity index (χ3n) is 14.3. The molecule has 2 amide bonds. The molecule has 0 radical (unpaired) electrons. The van der Waals surface area contributed by atoms with Gasteiger partial charge in [0.2, 0.25) is 11.8 Å². The van der Waals surface area contributed by atoms with Gasteiger partial charge in [-0.15, -0.1) is 0 Å². The molecule has 61 heavy (non-hydrogen) atoms. The molecular weight excluding hydrogens is 785 g/mol. The first-order chi connectivity index (χ1) is 28.1. The number of aliphatic imine (C=N–C) groups is 3. The molecule has 0 spiro atoms. The smallest absolute Gasteiger partial charge is 0.303 e. The number of carbonyl (C=O) groups excluding carboxylic acids is 2. The van der Waals surface area contributed by atoms with Crippen LogP contribution in [0.1, 0.15) is 133 Å². The zero-order valence-electron chi connectivity index (χ0n) is 37.5. The summed E-state index contributed by atoms with van der Waals surface area (Å²) in [6.07, 6.45) is 3.34. The largest absolute Gasteiger partial charge is 0.481 e. The van der Waals surface area contributed by atoms with Crippen molar-refractivity contribution in [2.24, 2.45) is 83.4 Å². The number of allylic oxidation sites excluding steroid dienone is 6. The number of nitrogens with two attached hydrogens (primary N) is 3. The second-order valence-corrected chi connectivity index (χ2v) is 19.0. The van der Waals surface area contributed by atoms with E-state index in [1.165, 1.54) is 0 Å². The normalized spacial score (nSPS) is 29.0. The zero-order chi connectivity index (χ0) is 46.6. The minimum atomic E-state index is -1.06. The number of hydrogen-bond donors (Lipinski definition) is 7. The molecule has 338 valence electrons. The molecule has 3 heterocycles. The van der Waals surface area contributed by atoms with Crippen molar-refractivity contribution in [1.82, 2.24) is 0 Å². The molecule has 3 aliphatic heterocycles. The molecule has 9 atom stereocenters. The molecule has 0 aromatic rings. The molecule has 0 fully saturated rings. The van der Waals surface area contributed by atoms with Crippen LogP contribution in [0.3, 0.4) is 0 Å². The van der Waals surface area contributed by atoms with Crippen LogP contribution in [0, 0.1) is 51.2 Å². The van der Waals surface area contributed by atoms with Gasteiger partial charge in [0.1, 0.15) is 0 Å². The number of carboxylic acid groups (broad SMARTS) is 4. The van der Waals surface area contributed by atoms with Crippen LogP contribution in [0.4, 0.5) is 0 Å². The summed E-state index contributed by atoms with van der Waals surface area (Å²) in [4.78, 5) is 88.7. The maximum absolute atomic E-state index is 12.9. The van der Waals surface area contributed by atoms with Gasteiger partial charge in [0, 0.05) is 107 Å². The Bertz CT molecular complexity index is 1970. The molecule has 9 unspecified atom stereocenters. The molecule has 16 nitrogen and oxygen atoms in total. The predicted octanol–water partition coefficient (Wildman–Crippen LogP) is 6.14. The fourth-order valence-electron chi connectivity index (χ4n) is 10.3. The van der Waals surface area contributed by atoms with Gasteiger partial charge < -0.3 is 37.6 Å². The van der Waals surface area contributed by atoms with Crippen LogP contribution < -0.4 is 17.2 Å². The lowest BCUT2D eigenvalue weighted by molar-refractivity contribution is -0.140. The van der Waals surface area contributed by atoms with E-state index in [9.17, 15) is 49.2 Å². The van der Waals surface area contributed by atoms with Crippen LogP contribution in [0.2, 0.25) is 0 Å². The molecule has 0 aromatic heterocycles. The Morgan fingerprint density at radius 3 is 1.89 bits per heavy atom. The Balaban J connectivity index is 2.39. The summed E-state index contributed by atoms with van der Waals surface area (Å²) in [5.41, 5.74) is 18.8. The molecule has 3 aliphatic rings. The summed E-state index contributed by atoms with van der Waals surface area (Å²) in [6.45, 7) is 18.9. The lowest BCUT2D eigenvalue weighted by Crippen LogP contribution is -2.47. The van der Waals surface area contributed by atoms with Crippen molar-refractivity contribution in [3.63, 3.8) is 0 Å². The van der Waals surface area contributed by atoms with Crippen molar-refractivity contribution < 1.29 is 49.2 Å². The standard InChI is InChI=1S/C45H68N6O10/c1-11-44(9)29(18-37(60)61)40(25(5)45(10,21-33(47)53)27(13-16-35(56)57)38(48)23(2)3)51-41(44)24(4)39-28(14-17-36(58)59)42(6,7)31(50-39)19-30-26(12-15-34(54)55)43(8,22-49-30)20-32(46)52/h19,22,25-29,40H,11-18,20-21,48H2,1-10H3,(H2,46,52)(H2,47,53)(H,54,55)(H,56,57)(H,58,59)(H,60,61)/b30-19-,39-24-.